The van der Waals surface area contributed by atoms with Crippen LogP contribution in [0.25, 0.3) is 0 Å². The maximum atomic E-state index is 13.2. The van der Waals surface area contributed by atoms with Crippen LogP contribution in [0.2, 0.25) is 0 Å². The molecule has 1 saturated heterocycles. The first-order valence-corrected chi connectivity index (χ1v) is 9.08. The van der Waals surface area contributed by atoms with E-state index in [-0.39, 0.29) is 18.1 Å². The maximum Gasteiger partial charge on any atom is 0.225 e. The van der Waals surface area contributed by atoms with Crippen molar-refractivity contribution in [2.75, 3.05) is 24.5 Å². The van der Waals surface area contributed by atoms with Gasteiger partial charge in [-0.1, -0.05) is 12.1 Å². The average Bonchev–Trinajstić information content (AvgIpc) is 2.59. The molecule has 2 heterocycles. The van der Waals surface area contributed by atoms with Gasteiger partial charge in [-0.15, -0.1) is 0 Å². The van der Waals surface area contributed by atoms with E-state index in [4.69, 9.17) is 0 Å². The largest absolute Gasteiger partial charge is 0.356 e. The number of benzene rings is 1. The summed E-state index contributed by atoms with van der Waals surface area (Å²) < 4.78 is 13.2. The number of nitrogens with one attached hydrogen (secondary N) is 1. The molecule has 1 aliphatic rings. The first kappa shape index (κ1) is 18.3. The molecule has 3 rings (SSSR count). The summed E-state index contributed by atoms with van der Waals surface area (Å²) in [5.41, 5.74) is 2.67. The molecule has 26 heavy (non-hydrogen) atoms. The topological polar surface area (TPSA) is 58.1 Å². The van der Waals surface area contributed by atoms with Crippen LogP contribution in [0.4, 0.5) is 10.3 Å². The molecule has 0 bridgehead atoms. The third-order valence-corrected chi connectivity index (χ3v) is 4.71. The normalized spacial score (nSPS) is 15.1. The number of nitrogens with zero attached hydrogens (tertiary/aromatic N) is 3. The number of carbonyl (C=O) groups is 1. The fourth-order valence-electron chi connectivity index (χ4n) is 3.34. The predicted octanol–water partition coefficient (Wildman–Crippen LogP) is 2.81. The number of aromatic nitrogens is 2. The van der Waals surface area contributed by atoms with Crippen molar-refractivity contribution in [1.82, 2.24) is 15.3 Å². The van der Waals surface area contributed by atoms with E-state index < -0.39 is 0 Å². The minimum Gasteiger partial charge on any atom is -0.356 e. The molecule has 0 aliphatic carbocycles. The molecule has 1 amide bonds. The van der Waals surface area contributed by atoms with Crippen molar-refractivity contribution in [3.63, 3.8) is 0 Å². The zero-order valence-electron chi connectivity index (χ0n) is 15.3. The third kappa shape index (κ3) is 5.00. The first-order chi connectivity index (χ1) is 12.5. The van der Waals surface area contributed by atoms with E-state index in [9.17, 15) is 9.18 Å². The van der Waals surface area contributed by atoms with Crippen molar-refractivity contribution in [3.05, 3.63) is 53.1 Å². The Bertz CT molecular complexity index is 752. The Kier molecular flexibility index (Phi) is 5.81. The number of anilines is 1. The molecule has 0 saturated carbocycles. The van der Waals surface area contributed by atoms with Gasteiger partial charge in [-0.25, -0.2) is 14.4 Å². The van der Waals surface area contributed by atoms with Gasteiger partial charge in [-0.3, -0.25) is 4.79 Å². The highest BCUT2D eigenvalue weighted by molar-refractivity contribution is 5.78. The van der Waals surface area contributed by atoms with Crippen molar-refractivity contribution in [3.8, 4) is 0 Å². The lowest BCUT2D eigenvalue weighted by Crippen LogP contribution is -2.39. The minimum atomic E-state index is -0.309. The standard InChI is InChI=1S/C20H25FN4O/c1-14-10-15(2)24-20(23-14)25-8-6-16(7-9-25)13-22-19(26)12-17-4-3-5-18(21)11-17/h3-5,10-11,16H,6-9,12-13H2,1-2H3,(H,22,26). The fourth-order valence-corrected chi connectivity index (χ4v) is 3.34. The van der Waals surface area contributed by atoms with E-state index in [2.05, 4.69) is 20.2 Å². The molecule has 2 aromatic rings. The fraction of sp³-hybridized carbons (Fsp3) is 0.450. The van der Waals surface area contributed by atoms with Gasteiger partial charge in [0.2, 0.25) is 11.9 Å². The second kappa shape index (κ2) is 8.25. The molecule has 1 aliphatic heterocycles. The van der Waals surface area contributed by atoms with Crippen LogP contribution in [0.3, 0.4) is 0 Å². The smallest absolute Gasteiger partial charge is 0.225 e. The lowest BCUT2D eigenvalue weighted by atomic mass is 9.97. The highest BCUT2D eigenvalue weighted by Crippen LogP contribution is 2.20. The van der Waals surface area contributed by atoms with E-state index in [0.29, 0.717) is 18.0 Å². The monoisotopic (exact) mass is 356 g/mol. The zero-order valence-corrected chi connectivity index (χ0v) is 15.3. The molecule has 1 aromatic carbocycles. The Hall–Kier alpha value is -2.50. The van der Waals surface area contributed by atoms with Crippen LogP contribution in [0.15, 0.2) is 30.3 Å². The molecule has 0 unspecified atom stereocenters. The number of piperidine rings is 1. The Morgan fingerprint density at radius 2 is 1.88 bits per heavy atom. The van der Waals surface area contributed by atoms with E-state index in [1.165, 1.54) is 12.1 Å². The highest BCUT2D eigenvalue weighted by atomic mass is 19.1. The number of hydrogen-bond acceptors (Lipinski definition) is 4. The predicted molar refractivity (Wildman–Crippen MR) is 99.6 cm³/mol. The second-order valence-electron chi connectivity index (χ2n) is 6.99. The Morgan fingerprint density at radius 3 is 2.54 bits per heavy atom. The highest BCUT2D eigenvalue weighted by Gasteiger charge is 2.21. The molecule has 1 fully saturated rings. The van der Waals surface area contributed by atoms with Crippen LogP contribution in [0.5, 0.6) is 0 Å². The summed E-state index contributed by atoms with van der Waals surface area (Å²) >= 11 is 0. The van der Waals surface area contributed by atoms with Crippen LogP contribution in [0, 0.1) is 25.6 Å². The average molecular weight is 356 g/mol. The first-order valence-electron chi connectivity index (χ1n) is 9.08. The van der Waals surface area contributed by atoms with E-state index in [1.807, 2.05) is 19.9 Å². The molecule has 1 aromatic heterocycles. The van der Waals surface area contributed by atoms with Crippen LogP contribution in [-0.4, -0.2) is 35.5 Å². The maximum absolute atomic E-state index is 13.2. The van der Waals surface area contributed by atoms with Gasteiger partial charge in [-0.05, 0) is 56.4 Å². The number of aryl methyl sites for hydroxylation is 2. The van der Waals surface area contributed by atoms with Gasteiger partial charge < -0.3 is 10.2 Å². The Balaban J connectivity index is 1.44. The molecule has 6 heteroatoms. The lowest BCUT2D eigenvalue weighted by molar-refractivity contribution is -0.120. The summed E-state index contributed by atoms with van der Waals surface area (Å²) in [5.74, 6) is 0.886. The van der Waals surface area contributed by atoms with Gasteiger partial charge in [0.05, 0.1) is 6.42 Å². The van der Waals surface area contributed by atoms with E-state index in [0.717, 1.165) is 43.3 Å². The molecular formula is C20H25FN4O. The van der Waals surface area contributed by atoms with E-state index >= 15 is 0 Å². The number of hydrogen-bond donors (Lipinski definition) is 1. The molecule has 138 valence electrons. The molecule has 0 radical (unpaired) electrons. The molecule has 1 N–H and O–H groups in total. The molecule has 0 atom stereocenters. The summed E-state index contributed by atoms with van der Waals surface area (Å²) in [6, 6.07) is 8.16. The third-order valence-electron chi connectivity index (χ3n) is 4.71. The van der Waals surface area contributed by atoms with Gasteiger partial charge in [-0.2, -0.15) is 0 Å². The van der Waals surface area contributed by atoms with Gasteiger partial charge in [0.1, 0.15) is 5.82 Å². The molecule has 0 spiro atoms. The van der Waals surface area contributed by atoms with Crippen LogP contribution in [0.1, 0.15) is 29.8 Å². The van der Waals surface area contributed by atoms with Crippen molar-refractivity contribution in [2.45, 2.75) is 33.1 Å². The Labute approximate surface area is 153 Å². The van der Waals surface area contributed by atoms with Crippen LogP contribution < -0.4 is 10.2 Å². The summed E-state index contributed by atoms with van der Waals surface area (Å²) in [5, 5.41) is 2.98. The number of halogens is 1. The van der Waals surface area contributed by atoms with Crippen molar-refractivity contribution in [2.24, 2.45) is 5.92 Å². The second-order valence-corrected chi connectivity index (χ2v) is 6.99. The van der Waals surface area contributed by atoms with Gasteiger partial charge in [0.25, 0.3) is 0 Å². The minimum absolute atomic E-state index is 0.0596. The molecule has 5 nitrogen and oxygen atoms in total. The summed E-state index contributed by atoms with van der Waals surface area (Å²) in [6.45, 7) is 6.43. The zero-order chi connectivity index (χ0) is 18.5. The summed E-state index contributed by atoms with van der Waals surface area (Å²) in [6.07, 6.45) is 2.21. The number of amides is 1. The van der Waals surface area contributed by atoms with E-state index in [1.54, 1.807) is 12.1 Å². The van der Waals surface area contributed by atoms with Crippen LogP contribution >= 0.6 is 0 Å². The SMILES string of the molecule is Cc1cc(C)nc(N2CCC(CNC(=O)Cc3cccc(F)c3)CC2)n1. The van der Waals surface area contributed by atoms with Crippen LogP contribution in [-0.2, 0) is 11.2 Å². The van der Waals surface area contributed by atoms with Gasteiger partial charge in [0.15, 0.2) is 0 Å². The van der Waals surface area contributed by atoms with Crippen molar-refractivity contribution < 1.29 is 9.18 Å². The lowest BCUT2D eigenvalue weighted by Gasteiger charge is -2.32. The summed E-state index contributed by atoms with van der Waals surface area (Å²) in [7, 11) is 0. The quantitative estimate of drug-likeness (QED) is 0.895. The number of carbonyl (C=O) groups excluding carboxylic acids is 1. The van der Waals surface area contributed by atoms with Crippen molar-refractivity contribution in [1.29, 1.82) is 0 Å². The molecular weight excluding hydrogens is 331 g/mol. The van der Waals surface area contributed by atoms with Crippen molar-refractivity contribution >= 4 is 11.9 Å². The Morgan fingerprint density at radius 1 is 1.19 bits per heavy atom. The van der Waals surface area contributed by atoms with Gasteiger partial charge in [0, 0.05) is 31.0 Å². The summed E-state index contributed by atoms with van der Waals surface area (Å²) in [4.78, 5) is 23.3. The number of rotatable bonds is 5. The van der Waals surface area contributed by atoms with Gasteiger partial charge >= 0.3 is 0 Å².